The molecule has 0 saturated heterocycles. The zero-order valence-electron chi connectivity index (χ0n) is 12.4. The fraction of sp³-hybridized carbons (Fsp3) is 0.867. The summed E-state index contributed by atoms with van der Waals surface area (Å²) in [7, 11) is 1.73. The van der Waals surface area contributed by atoms with Gasteiger partial charge in [-0.2, -0.15) is 0 Å². The molecule has 1 aliphatic carbocycles. The van der Waals surface area contributed by atoms with Crippen LogP contribution in [-0.2, 0) is 9.59 Å². The lowest BCUT2D eigenvalue weighted by Gasteiger charge is -2.27. The van der Waals surface area contributed by atoms with Crippen LogP contribution in [0.15, 0.2) is 0 Å². The van der Waals surface area contributed by atoms with E-state index in [0.717, 1.165) is 6.42 Å². The maximum atomic E-state index is 12.1. The SMILES string of the molecule is CC(C)C(C(=O)O)C(=O)N(C)CCC1CCCCC1. The minimum absolute atomic E-state index is 0.165. The molecule has 1 atom stereocenters. The van der Waals surface area contributed by atoms with E-state index in [2.05, 4.69) is 0 Å². The van der Waals surface area contributed by atoms with Crippen LogP contribution in [0, 0.1) is 17.8 Å². The number of carbonyl (C=O) groups excluding carboxylic acids is 1. The summed E-state index contributed by atoms with van der Waals surface area (Å²) in [6, 6.07) is 0. The Morgan fingerprint density at radius 3 is 2.26 bits per heavy atom. The average Bonchev–Trinajstić information content (AvgIpc) is 2.36. The van der Waals surface area contributed by atoms with Crippen LogP contribution in [0.4, 0.5) is 0 Å². The third-order valence-electron chi connectivity index (χ3n) is 4.17. The second-order valence-electron chi connectivity index (χ2n) is 6.11. The molecule has 1 N–H and O–H groups in total. The van der Waals surface area contributed by atoms with Crippen LogP contribution in [0.2, 0.25) is 0 Å². The summed E-state index contributed by atoms with van der Waals surface area (Å²) in [5.74, 6) is -1.62. The normalized spacial score (nSPS) is 18.3. The number of carboxylic acid groups (broad SMARTS) is 1. The maximum absolute atomic E-state index is 12.1. The molecular formula is C15H27NO3. The molecule has 1 saturated carbocycles. The van der Waals surface area contributed by atoms with Gasteiger partial charge in [0.25, 0.3) is 0 Å². The molecular weight excluding hydrogens is 242 g/mol. The predicted molar refractivity (Wildman–Crippen MR) is 74.8 cm³/mol. The van der Waals surface area contributed by atoms with Gasteiger partial charge in [-0.1, -0.05) is 46.0 Å². The Hall–Kier alpha value is -1.06. The molecule has 0 aromatic heterocycles. The van der Waals surface area contributed by atoms with Gasteiger partial charge in [0.1, 0.15) is 5.92 Å². The molecule has 1 rings (SSSR count). The molecule has 0 spiro atoms. The van der Waals surface area contributed by atoms with Crippen molar-refractivity contribution in [2.75, 3.05) is 13.6 Å². The molecule has 19 heavy (non-hydrogen) atoms. The topological polar surface area (TPSA) is 57.6 Å². The number of rotatable bonds is 6. The highest BCUT2D eigenvalue weighted by molar-refractivity contribution is 5.97. The second kappa shape index (κ2) is 7.51. The molecule has 1 unspecified atom stereocenters. The summed E-state index contributed by atoms with van der Waals surface area (Å²) in [6.45, 7) is 4.25. The minimum atomic E-state index is -1.01. The van der Waals surface area contributed by atoms with Gasteiger partial charge < -0.3 is 10.0 Å². The van der Waals surface area contributed by atoms with Crippen molar-refractivity contribution in [3.63, 3.8) is 0 Å². The van der Waals surface area contributed by atoms with Crippen LogP contribution in [-0.4, -0.2) is 35.5 Å². The Bertz CT molecular complexity index is 309. The van der Waals surface area contributed by atoms with E-state index in [-0.39, 0.29) is 11.8 Å². The molecule has 4 nitrogen and oxygen atoms in total. The number of aliphatic carboxylic acids is 1. The van der Waals surface area contributed by atoms with E-state index in [1.54, 1.807) is 25.8 Å². The first kappa shape index (κ1) is 16.0. The Kier molecular flexibility index (Phi) is 6.32. The quantitative estimate of drug-likeness (QED) is 0.754. The van der Waals surface area contributed by atoms with Gasteiger partial charge in [0.15, 0.2) is 0 Å². The van der Waals surface area contributed by atoms with E-state index < -0.39 is 11.9 Å². The van der Waals surface area contributed by atoms with Gasteiger partial charge in [0, 0.05) is 13.6 Å². The fourth-order valence-electron chi connectivity index (χ4n) is 2.88. The molecule has 1 fully saturated rings. The first-order valence-electron chi connectivity index (χ1n) is 7.41. The Balaban J connectivity index is 2.44. The van der Waals surface area contributed by atoms with E-state index in [1.165, 1.54) is 32.1 Å². The molecule has 0 bridgehead atoms. The third-order valence-corrected chi connectivity index (χ3v) is 4.17. The van der Waals surface area contributed by atoms with Crippen molar-refractivity contribution in [3.05, 3.63) is 0 Å². The lowest BCUT2D eigenvalue weighted by molar-refractivity contribution is -0.152. The molecule has 0 aromatic carbocycles. The van der Waals surface area contributed by atoms with Gasteiger partial charge in [-0.3, -0.25) is 9.59 Å². The highest BCUT2D eigenvalue weighted by atomic mass is 16.4. The highest BCUT2D eigenvalue weighted by Gasteiger charge is 2.32. The van der Waals surface area contributed by atoms with Gasteiger partial charge in [0.05, 0.1) is 0 Å². The molecule has 0 heterocycles. The van der Waals surface area contributed by atoms with E-state index >= 15 is 0 Å². The molecule has 110 valence electrons. The van der Waals surface area contributed by atoms with Gasteiger partial charge in [-0.15, -0.1) is 0 Å². The second-order valence-corrected chi connectivity index (χ2v) is 6.11. The van der Waals surface area contributed by atoms with Crippen molar-refractivity contribution >= 4 is 11.9 Å². The maximum Gasteiger partial charge on any atom is 0.316 e. The van der Waals surface area contributed by atoms with Gasteiger partial charge in [-0.25, -0.2) is 0 Å². The van der Waals surface area contributed by atoms with Crippen LogP contribution < -0.4 is 0 Å². The zero-order chi connectivity index (χ0) is 14.4. The average molecular weight is 269 g/mol. The summed E-state index contributed by atoms with van der Waals surface area (Å²) in [5.41, 5.74) is 0. The van der Waals surface area contributed by atoms with Crippen molar-refractivity contribution in [3.8, 4) is 0 Å². The van der Waals surface area contributed by atoms with E-state index in [1.807, 2.05) is 0 Å². The summed E-state index contributed by atoms with van der Waals surface area (Å²) in [6.07, 6.45) is 7.45. The van der Waals surface area contributed by atoms with Crippen molar-refractivity contribution < 1.29 is 14.7 Å². The summed E-state index contributed by atoms with van der Waals surface area (Å²) in [4.78, 5) is 24.9. The Labute approximate surface area is 116 Å². The van der Waals surface area contributed by atoms with E-state index in [9.17, 15) is 9.59 Å². The summed E-state index contributed by atoms with van der Waals surface area (Å²) in [5, 5.41) is 9.13. The molecule has 4 heteroatoms. The highest BCUT2D eigenvalue weighted by Crippen LogP contribution is 2.26. The van der Waals surface area contributed by atoms with Crippen molar-refractivity contribution in [1.29, 1.82) is 0 Å². The molecule has 0 aliphatic heterocycles. The lowest BCUT2D eigenvalue weighted by Crippen LogP contribution is -2.40. The van der Waals surface area contributed by atoms with Crippen LogP contribution in [0.1, 0.15) is 52.4 Å². The number of hydrogen-bond donors (Lipinski definition) is 1. The van der Waals surface area contributed by atoms with Crippen LogP contribution in [0.25, 0.3) is 0 Å². The van der Waals surface area contributed by atoms with Gasteiger partial charge >= 0.3 is 5.97 Å². The predicted octanol–water partition coefficient (Wildman–Crippen LogP) is 2.77. The lowest BCUT2D eigenvalue weighted by atomic mass is 9.87. The number of amides is 1. The largest absolute Gasteiger partial charge is 0.481 e. The third kappa shape index (κ3) is 4.84. The monoisotopic (exact) mass is 269 g/mol. The van der Waals surface area contributed by atoms with Gasteiger partial charge in [-0.05, 0) is 18.3 Å². The Morgan fingerprint density at radius 1 is 1.21 bits per heavy atom. The van der Waals surface area contributed by atoms with E-state index in [4.69, 9.17) is 5.11 Å². The zero-order valence-corrected chi connectivity index (χ0v) is 12.4. The standard InChI is InChI=1S/C15H27NO3/c1-11(2)13(15(18)19)14(17)16(3)10-9-12-7-5-4-6-8-12/h11-13H,4-10H2,1-3H3,(H,18,19). The first-order chi connectivity index (χ1) is 8.93. The molecule has 0 radical (unpaired) electrons. The molecule has 0 aromatic rings. The molecule has 1 amide bonds. The van der Waals surface area contributed by atoms with Crippen molar-refractivity contribution in [2.45, 2.75) is 52.4 Å². The number of carbonyl (C=O) groups is 2. The number of nitrogens with zero attached hydrogens (tertiary/aromatic N) is 1. The smallest absolute Gasteiger partial charge is 0.316 e. The van der Waals surface area contributed by atoms with Crippen LogP contribution in [0.5, 0.6) is 0 Å². The van der Waals surface area contributed by atoms with Crippen molar-refractivity contribution in [2.24, 2.45) is 17.8 Å². The van der Waals surface area contributed by atoms with E-state index in [0.29, 0.717) is 12.5 Å². The first-order valence-corrected chi connectivity index (χ1v) is 7.41. The fourth-order valence-corrected chi connectivity index (χ4v) is 2.88. The van der Waals surface area contributed by atoms with Gasteiger partial charge in [0.2, 0.25) is 5.91 Å². The molecule has 1 aliphatic rings. The minimum Gasteiger partial charge on any atom is -0.481 e. The van der Waals surface area contributed by atoms with Crippen LogP contribution >= 0.6 is 0 Å². The van der Waals surface area contributed by atoms with Crippen LogP contribution in [0.3, 0.4) is 0 Å². The van der Waals surface area contributed by atoms with Crippen molar-refractivity contribution in [1.82, 2.24) is 4.90 Å². The summed E-state index contributed by atoms with van der Waals surface area (Å²) >= 11 is 0. The Morgan fingerprint density at radius 2 is 1.79 bits per heavy atom. The number of hydrogen-bond acceptors (Lipinski definition) is 2. The number of carboxylic acids is 1. The summed E-state index contributed by atoms with van der Waals surface area (Å²) < 4.78 is 0.